The fourth-order valence-electron chi connectivity index (χ4n) is 2.72. The predicted octanol–water partition coefficient (Wildman–Crippen LogP) is 1.99. The number of carbonyl (C=O) groups is 1. The maximum absolute atomic E-state index is 13.6. The first-order valence-electron chi connectivity index (χ1n) is 8.76. The van der Waals surface area contributed by atoms with Gasteiger partial charge in [0.15, 0.2) is 5.56 Å². The highest BCUT2D eigenvalue weighted by atomic mass is 79.9. The van der Waals surface area contributed by atoms with Crippen LogP contribution in [0.2, 0.25) is 0 Å². The number of ether oxygens (including phenoxy) is 3. The number of benzene rings is 1. The van der Waals surface area contributed by atoms with Gasteiger partial charge in [0.2, 0.25) is 5.88 Å². The van der Waals surface area contributed by atoms with Gasteiger partial charge in [0.25, 0.3) is 0 Å². The topological polar surface area (TPSA) is 106 Å². The molecule has 0 aliphatic heterocycles. The molecule has 1 atom stereocenters. The van der Waals surface area contributed by atoms with Crippen molar-refractivity contribution in [2.24, 2.45) is 0 Å². The number of aliphatic carboxylic acids is 1. The number of aromatic nitrogens is 2. The second kappa shape index (κ2) is 10.6. The fourth-order valence-corrected chi connectivity index (χ4v) is 3.34. The van der Waals surface area contributed by atoms with E-state index in [2.05, 4.69) is 21.0 Å². The highest BCUT2D eigenvalue weighted by Gasteiger charge is 2.41. The van der Waals surface area contributed by atoms with Crippen LogP contribution in [-0.2, 0) is 33.6 Å². The van der Waals surface area contributed by atoms with Gasteiger partial charge in [0.1, 0.15) is 11.2 Å². The summed E-state index contributed by atoms with van der Waals surface area (Å²) in [5.74, 6) is -2.26. The summed E-state index contributed by atoms with van der Waals surface area (Å²) in [4.78, 5) is 11.4. The maximum Gasteiger partial charge on any atom is 0.424 e. The second-order valence-corrected chi connectivity index (χ2v) is 7.01. The van der Waals surface area contributed by atoms with E-state index in [1.54, 1.807) is 12.1 Å². The van der Waals surface area contributed by atoms with Crippen LogP contribution in [0.1, 0.15) is 16.7 Å². The van der Waals surface area contributed by atoms with E-state index in [1.807, 2.05) is 0 Å². The smallest absolute Gasteiger partial charge is 0.424 e. The van der Waals surface area contributed by atoms with Crippen LogP contribution in [-0.4, -0.2) is 47.8 Å². The lowest BCUT2D eigenvalue weighted by Crippen LogP contribution is -2.24. The quantitative estimate of drug-likeness (QED) is 0.387. The summed E-state index contributed by atoms with van der Waals surface area (Å²) in [5.41, 5.74) is -1.03. The molecule has 0 aliphatic carbocycles. The number of halogens is 4. The van der Waals surface area contributed by atoms with Crippen molar-refractivity contribution in [1.82, 2.24) is 9.78 Å². The number of carbonyl (C=O) groups excluding carboxylic acids is 1. The highest BCUT2D eigenvalue weighted by molar-refractivity contribution is 9.10. The number of carboxylic acid groups (broad SMARTS) is 1. The van der Waals surface area contributed by atoms with Gasteiger partial charge in [-0.1, -0.05) is 24.3 Å². The number of aliphatic hydroxyl groups is 1. The van der Waals surface area contributed by atoms with Crippen molar-refractivity contribution < 1.29 is 42.4 Å². The second-order valence-electron chi connectivity index (χ2n) is 6.26. The zero-order valence-electron chi connectivity index (χ0n) is 16.5. The SMILES string of the molecule is CO/C=C(/C(=O)[O-])c1ccccc1COc1nn(CC(O)COC)c(Br)c1C(F)(F)F. The van der Waals surface area contributed by atoms with E-state index in [0.717, 1.165) is 10.9 Å². The van der Waals surface area contributed by atoms with E-state index in [1.165, 1.54) is 26.4 Å². The Kier molecular flexibility index (Phi) is 8.48. The van der Waals surface area contributed by atoms with Crippen molar-refractivity contribution in [3.63, 3.8) is 0 Å². The Hall–Kier alpha value is -2.57. The van der Waals surface area contributed by atoms with Gasteiger partial charge < -0.3 is 29.2 Å². The monoisotopic (exact) mass is 507 g/mol. The van der Waals surface area contributed by atoms with Gasteiger partial charge in [-0.3, -0.25) is 4.68 Å². The molecule has 2 aromatic rings. The molecule has 0 amide bonds. The number of hydrogen-bond acceptors (Lipinski definition) is 7. The minimum absolute atomic E-state index is 0.102. The molecule has 1 aromatic carbocycles. The van der Waals surface area contributed by atoms with Gasteiger partial charge in [-0.15, -0.1) is 5.10 Å². The Labute approximate surface area is 184 Å². The maximum atomic E-state index is 13.6. The lowest BCUT2D eigenvalue weighted by molar-refractivity contribution is -0.295. The molecular weight excluding hydrogens is 489 g/mol. The molecule has 0 radical (unpaired) electrons. The summed E-state index contributed by atoms with van der Waals surface area (Å²) in [6.45, 7) is -0.796. The highest BCUT2D eigenvalue weighted by Crippen LogP contribution is 2.41. The third-order valence-electron chi connectivity index (χ3n) is 4.01. The molecule has 0 fully saturated rings. The first-order chi connectivity index (χ1) is 14.6. The van der Waals surface area contributed by atoms with Crippen LogP contribution in [0.3, 0.4) is 0 Å². The van der Waals surface area contributed by atoms with Crippen molar-refractivity contribution >= 4 is 27.5 Å². The molecule has 12 heteroatoms. The van der Waals surface area contributed by atoms with Crippen molar-refractivity contribution in [2.75, 3.05) is 20.8 Å². The van der Waals surface area contributed by atoms with Crippen LogP contribution < -0.4 is 9.84 Å². The number of nitrogens with zero attached hydrogens (tertiary/aromatic N) is 2. The summed E-state index contributed by atoms with van der Waals surface area (Å²) in [6.07, 6.45) is -4.94. The molecule has 1 unspecified atom stereocenters. The number of methoxy groups -OCH3 is 2. The number of hydrogen-bond donors (Lipinski definition) is 1. The minimum Gasteiger partial charge on any atom is -0.545 e. The molecule has 0 saturated carbocycles. The van der Waals surface area contributed by atoms with Gasteiger partial charge in [-0.2, -0.15) is 13.2 Å². The summed E-state index contributed by atoms with van der Waals surface area (Å²) in [7, 11) is 2.59. The molecule has 1 N–H and O–H groups in total. The Balaban J connectivity index is 2.38. The first kappa shape index (κ1) is 24.7. The van der Waals surface area contributed by atoms with Crippen molar-refractivity contribution in [1.29, 1.82) is 0 Å². The molecule has 170 valence electrons. The number of alkyl halides is 3. The zero-order valence-corrected chi connectivity index (χ0v) is 18.1. The minimum atomic E-state index is -4.80. The van der Waals surface area contributed by atoms with E-state index >= 15 is 0 Å². The van der Waals surface area contributed by atoms with E-state index < -0.39 is 40.9 Å². The standard InChI is InChI=1S/C19H20BrF3N2O6/c1-29-9-12(26)7-25-16(20)15(19(21,22)23)17(24-25)31-8-11-5-3-4-6-13(11)14(10-30-2)18(27)28/h3-6,10,12,26H,7-9H2,1-2H3,(H,27,28)/p-1/b14-10+. The lowest BCUT2D eigenvalue weighted by Gasteiger charge is -2.14. The van der Waals surface area contributed by atoms with E-state index in [4.69, 9.17) is 14.2 Å². The van der Waals surface area contributed by atoms with E-state index in [-0.39, 0.29) is 29.9 Å². The largest absolute Gasteiger partial charge is 0.545 e. The molecule has 31 heavy (non-hydrogen) atoms. The van der Waals surface area contributed by atoms with Crippen LogP contribution in [0.5, 0.6) is 5.88 Å². The van der Waals surface area contributed by atoms with Crippen LogP contribution >= 0.6 is 15.9 Å². The van der Waals surface area contributed by atoms with Crippen LogP contribution in [0.25, 0.3) is 5.57 Å². The number of rotatable bonds is 10. The molecule has 0 aliphatic rings. The van der Waals surface area contributed by atoms with Gasteiger partial charge in [0.05, 0.1) is 38.6 Å². The third kappa shape index (κ3) is 6.21. The zero-order chi connectivity index (χ0) is 23.2. The first-order valence-corrected chi connectivity index (χ1v) is 9.55. The van der Waals surface area contributed by atoms with E-state index in [9.17, 15) is 28.2 Å². The average Bonchev–Trinajstić information content (AvgIpc) is 3.00. The molecule has 1 heterocycles. The number of carboxylic acids is 1. The molecule has 2 rings (SSSR count). The van der Waals surface area contributed by atoms with Crippen LogP contribution in [0.4, 0.5) is 13.2 Å². The summed E-state index contributed by atoms with van der Waals surface area (Å²) in [6, 6.07) is 6.06. The third-order valence-corrected chi connectivity index (χ3v) is 4.82. The Morgan fingerprint density at radius 2 is 2.03 bits per heavy atom. The molecule has 8 nitrogen and oxygen atoms in total. The van der Waals surface area contributed by atoms with Gasteiger partial charge in [0, 0.05) is 12.7 Å². The molecule has 1 aromatic heterocycles. The fraction of sp³-hybridized carbons (Fsp3) is 0.368. The molecule has 0 spiro atoms. The lowest BCUT2D eigenvalue weighted by atomic mass is 10.0. The van der Waals surface area contributed by atoms with Crippen molar-refractivity contribution in [3.05, 3.63) is 51.8 Å². The number of aliphatic hydroxyl groups excluding tert-OH is 1. The average molecular weight is 508 g/mol. The summed E-state index contributed by atoms with van der Waals surface area (Å²) in [5, 5.41) is 25.0. The Morgan fingerprint density at radius 1 is 1.35 bits per heavy atom. The molecule has 0 bridgehead atoms. The van der Waals surface area contributed by atoms with Crippen LogP contribution in [0, 0.1) is 0 Å². The molecular formula is C19H19BrF3N2O6-. The van der Waals surface area contributed by atoms with Crippen molar-refractivity contribution in [2.45, 2.75) is 25.4 Å². The summed E-state index contributed by atoms with van der Waals surface area (Å²) >= 11 is 2.86. The normalized spacial score (nSPS) is 13.2. The van der Waals surface area contributed by atoms with E-state index in [0.29, 0.717) is 0 Å². The summed E-state index contributed by atoms with van der Waals surface area (Å²) < 4.78 is 56.1. The Bertz CT molecular complexity index is 945. The molecule has 0 saturated heterocycles. The predicted molar refractivity (Wildman–Crippen MR) is 104 cm³/mol. The van der Waals surface area contributed by atoms with Crippen molar-refractivity contribution in [3.8, 4) is 5.88 Å². The van der Waals surface area contributed by atoms with Gasteiger partial charge in [-0.05, 0) is 27.1 Å². The van der Waals surface area contributed by atoms with Crippen LogP contribution in [0.15, 0.2) is 35.1 Å². The van der Waals surface area contributed by atoms with Gasteiger partial charge in [-0.25, -0.2) is 0 Å². The Morgan fingerprint density at radius 3 is 2.61 bits per heavy atom. The van der Waals surface area contributed by atoms with Gasteiger partial charge >= 0.3 is 6.18 Å².